The standard InChI is InChI=1S/C17H19F3N2O4/c1-9(2)14(16(25)26)21-15(24)10-6-11(17(18,19)20)8-12(7-10)22-5-3-4-13(22)23/h6-9,14H,3-5H2,1-2H3,(H,21,24)(H,25,26)/t14-/m1/s1. The Labute approximate surface area is 148 Å². The van der Waals surface area contributed by atoms with E-state index in [0.29, 0.717) is 12.5 Å². The number of carbonyl (C=O) groups is 3. The van der Waals surface area contributed by atoms with Gasteiger partial charge in [0.25, 0.3) is 5.91 Å². The van der Waals surface area contributed by atoms with Gasteiger partial charge in [-0.15, -0.1) is 0 Å². The third kappa shape index (κ3) is 4.33. The fourth-order valence-corrected chi connectivity index (χ4v) is 2.72. The summed E-state index contributed by atoms with van der Waals surface area (Å²) in [6.07, 6.45) is -3.96. The van der Waals surface area contributed by atoms with Gasteiger partial charge >= 0.3 is 12.1 Å². The van der Waals surface area contributed by atoms with E-state index in [0.717, 1.165) is 6.07 Å². The van der Waals surface area contributed by atoms with Gasteiger partial charge in [0.1, 0.15) is 6.04 Å². The fraction of sp³-hybridized carbons (Fsp3) is 0.471. The Bertz CT molecular complexity index is 731. The normalized spacial score (nSPS) is 16.1. The quantitative estimate of drug-likeness (QED) is 0.832. The lowest BCUT2D eigenvalue weighted by atomic mass is 10.0. The molecule has 1 fully saturated rings. The molecule has 0 bridgehead atoms. The zero-order chi connectivity index (χ0) is 19.6. The molecule has 0 unspecified atom stereocenters. The lowest BCUT2D eigenvalue weighted by Crippen LogP contribution is -2.44. The Morgan fingerprint density at radius 3 is 2.35 bits per heavy atom. The summed E-state index contributed by atoms with van der Waals surface area (Å²) in [4.78, 5) is 36.6. The SMILES string of the molecule is CC(C)[C@@H](NC(=O)c1cc(N2CCCC2=O)cc(C(F)(F)F)c1)C(=O)O. The molecule has 1 saturated heterocycles. The number of amides is 2. The van der Waals surface area contributed by atoms with E-state index in [1.807, 2.05) is 0 Å². The summed E-state index contributed by atoms with van der Waals surface area (Å²) in [5, 5.41) is 11.4. The van der Waals surface area contributed by atoms with Crippen molar-refractivity contribution in [1.82, 2.24) is 5.32 Å². The molecule has 2 N–H and O–H groups in total. The van der Waals surface area contributed by atoms with Gasteiger partial charge in [-0.25, -0.2) is 4.79 Å². The zero-order valence-corrected chi connectivity index (χ0v) is 14.3. The molecular weight excluding hydrogens is 353 g/mol. The molecule has 1 aromatic carbocycles. The second-order valence-corrected chi connectivity index (χ2v) is 6.45. The molecule has 0 radical (unpaired) electrons. The van der Waals surface area contributed by atoms with E-state index < -0.39 is 35.6 Å². The highest BCUT2D eigenvalue weighted by Crippen LogP contribution is 2.34. The van der Waals surface area contributed by atoms with Gasteiger partial charge in [0.2, 0.25) is 5.91 Å². The Balaban J connectivity index is 2.42. The summed E-state index contributed by atoms with van der Waals surface area (Å²) in [7, 11) is 0. The highest BCUT2D eigenvalue weighted by atomic mass is 19.4. The molecule has 1 aliphatic rings. The van der Waals surface area contributed by atoms with Crippen LogP contribution in [0.1, 0.15) is 42.6 Å². The van der Waals surface area contributed by atoms with E-state index in [9.17, 15) is 27.6 Å². The van der Waals surface area contributed by atoms with Crippen LogP contribution >= 0.6 is 0 Å². The maximum absolute atomic E-state index is 13.2. The molecule has 26 heavy (non-hydrogen) atoms. The second-order valence-electron chi connectivity index (χ2n) is 6.45. The molecule has 2 amide bonds. The van der Waals surface area contributed by atoms with Gasteiger partial charge in [-0.05, 0) is 30.5 Å². The van der Waals surface area contributed by atoms with Crippen molar-refractivity contribution in [3.63, 3.8) is 0 Å². The highest BCUT2D eigenvalue weighted by molar-refractivity contribution is 6.00. The number of nitrogens with zero attached hydrogens (tertiary/aromatic N) is 1. The van der Waals surface area contributed by atoms with Crippen LogP contribution < -0.4 is 10.2 Å². The maximum Gasteiger partial charge on any atom is 0.416 e. The minimum atomic E-state index is -4.71. The van der Waals surface area contributed by atoms with Crippen molar-refractivity contribution in [2.45, 2.75) is 38.9 Å². The first kappa shape index (κ1) is 19.7. The van der Waals surface area contributed by atoms with Crippen molar-refractivity contribution in [2.24, 2.45) is 5.92 Å². The largest absolute Gasteiger partial charge is 0.480 e. The second kappa shape index (κ2) is 7.35. The van der Waals surface area contributed by atoms with Crippen LogP contribution in [0.25, 0.3) is 0 Å². The van der Waals surface area contributed by atoms with Crippen LogP contribution in [0, 0.1) is 5.92 Å². The number of alkyl halides is 3. The third-order valence-electron chi connectivity index (χ3n) is 4.11. The van der Waals surface area contributed by atoms with Crippen LogP contribution in [0.3, 0.4) is 0 Å². The number of carboxylic acids is 1. The van der Waals surface area contributed by atoms with Crippen LogP contribution in [0.2, 0.25) is 0 Å². The van der Waals surface area contributed by atoms with Gasteiger partial charge in [-0.2, -0.15) is 13.2 Å². The van der Waals surface area contributed by atoms with Crippen molar-refractivity contribution in [3.05, 3.63) is 29.3 Å². The summed E-state index contributed by atoms with van der Waals surface area (Å²) < 4.78 is 39.6. The number of benzene rings is 1. The fourth-order valence-electron chi connectivity index (χ4n) is 2.72. The minimum absolute atomic E-state index is 0.0242. The summed E-state index contributed by atoms with van der Waals surface area (Å²) in [5.41, 5.74) is -1.44. The monoisotopic (exact) mass is 372 g/mol. The van der Waals surface area contributed by atoms with E-state index in [-0.39, 0.29) is 30.1 Å². The molecule has 1 aromatic rings. The number of rotatable bonds is 5. The van der Waals surface area contributed by atoms with Crippen molar-refractivity contribution in [3.8, 4) is 0 Å². The average Bonchev–Trinajstić information content (AvgIpc) is 2.96. The van der Waals surface area contributed by atoms with E-state index in [2.05, 4.69) is 5.32 Å². The zero-order valence-electron chi connectivity index (χ0n) is 14.3. The molecule has 6 nitrogen and oxygen atoms in total. The summed E-state index contributed by atoms with van der Waals surface area (Å²) >= 11 is 0. The summed E-state index contributed by atoms with van der Waals surface area (Å²) in [5.74, 6) is -3.00. The molecule has 2 rings (SSSR count). The van der Waals surface area contributed by atoms with Gasteiger partial charge in [-0.1, -0.05) is 13.8 Å². The molecule has 1 atom stereocenters. The van der Waals surface area contributed by atoms with Crippen molar-refractivity contribution >= 4 is 23.5 Å². The van der Waals surface area contributed by atoms with Gasteiger partial charge in [0, 0.05) is 24.2 Å². The number of aliphatic carboxylic acids is 1. The smallest absolute Gasteiger partial charge is 0.416 e. The van der Waals surface area contributed by atoms with Gasteiger partial charge in [0.05, 0.1) is 5.56 Å². The van der Waals surface area contributed by atoms with E-state index in [4.69, 9.17) is 5.11 Å². The molecule has 0 saturated carbocycles. The van der Waals surface area contributed by atoms with Gasteiger partial charge in [-0.3, -0.25) is 9.59 Å². The van der Waals surface area contributed by atoms with Crippen molar-refractivity contribution in [1.29, 1.82) is 0 Å². The lowest BCUT2D eigenvalue weighted by molar-refractivity contribution is -0.140. The number of carboxylic acid groups (broad SMARTS) is 1. The first-order valence-electron chi connectivity index (χ1n) is 8.07. The number of hydrogen-bond donors (Lipinski definition) is 2. The Morgan fingerprint density at radius 1 is 1.23 bits per heavy atom. The number of anilines is 1. The van der Waals surface area contributed by atoms with Crippen molar-refractivity contribution < 1.29 is 32.7 Å². The van der Waals surface area contributed by atoms with E-state index in [1.165, 1.54) is 11.0 Å². The molecule has 0 aromatic heterocycles. The summed E-state index contributed by atoms with van der Waals surface area (Å²) in [6.45, 7) is 3.41. The Kier molecular flexibility index (Phi) is 5.58. The molecule has 0 spiro atoms. The first-order valence-corrected chi connectivity index (χ1v) is 8.07. The topological polar surface area (TPSA) is 86.7 Å². The van der Waals surface area contributed by atoms with Crippen LogP contribution in [0.15, 0.2) is 18.2 Å². The third-order valence-corrected chi connectivity index (χ3v) is 4.11. The minimum Gasteiger partial charge on any atom is -0.480 e. The molecule has 0 aliphatic carbocycles. The van der Waals surface area contributed by atoms with E-state index >= 15 is 0 Å². The number of halogens is 3. The van der Waals surface area contributed by atoms with Crippen LogP contribution in [-0.2, 0) is 15.8 Å². The van der Waals surface area contributed by atoms with Crippen LogP contribution in [0.4, 0.5) is 18.9 Å². The number of nitrogens with one attached hydrogen (secondary N) is 1. The predicted octanol–water partition coefficient (Wildman–Crippen LogP) is 2.67. The first-order chi connectivity index (χ1) is 12.0. The van der Waals surface area contributed by atoms with Gasteiger partial charge in [0.15, 0.2) is 0 Å². The summed E-state index contributed by atoms with van der Waals surface area (Å²) in [6, 6.07) is 1.40. The highest BCUT2D eigenvalue weighted by Gasteiger charge is 2.34. The average molecular weight is 372 g/mol. The van der Waals surface area contributed by atoms with Crippen LogP contribution in [0.5, 0.6) is 0 Å². The Hall–Kier alpha value is -2.58. The Morgan fingerprint density at radius 2 is 1.88 bits per heavy atom. The maximum atomic E-state index is 13.2. The predicted molar refractivity (Wildman–Crippen MR) is 86.8 cm³/mol. The molecule has 9 heteroatoms. The van der Waals surface area contributed by atoms with Crippen LogP contribution in [-0.4, -0.2) is 35.5 Å². The molecule has 1 heterocycles. The van der Waals surface area contributed by atoms with Crippen molar-refractivity contribution in [2.75, 3.05) is 11.4 Å². The number of carbonyl (C=O) groups excluding carboxylic acids is 2. The number of hydrogen-bond acceptors (Lipinski definition) is 3. The van der Waals surface area contributed by atoms with E-state index in [1.54, 1.807) is 13.8 Å². The molecule has 1 aliphatic heterocycles. The lowest BCUT2D eigenvalue weighted by Gasteiger charge is -2.21. The molecule has 142 valence electrons. The van der Waals surface area contributed by atoms with Gasteiger partial charge < -0.3 is 15.3 Å². The molecular formula is C17H19F3N2O4.